The molecule has 3 aromatic rings. The molecule has 3 heterocycles. The first kappa shape index (κ1) is 21.9. The number of hydrogen-bond donors (Lipinski definition) is 3. The van der Waals surface area contributed by atoms with Gasteiger partial charge in [-0.2, -0.15) is 0 Å². The standard InChI is InChI=1S/C22H23N3O7/c1-31-16-4-2-3-13(10-16)14-5-7-23-15(9-14)11-25-18(27)6-8-24(22(25)30)21-20(29)19(28)17(12-26)32-21/h2-10,17,19-21,26,28-29H,11-12H2,1H3/t17-,19?,20?,21-/m1/s1. The molecule has 3 N–H and O–H groups in total. The second kappa shape index (κ2) is 9.05. The molecule has 2 unspecified atom stereocenters. The fraction of sp³-hybridized carbons (Fsp3) is 0.318. The zero-order valence-corrected chi connectivity index (χ0v) is 17.2. The minimum atomic E-state index is -1.44. The molecule has 0 radical (unpaired) electrons. The highest BCUT2D eigenvalue weighted by atomic mass is 16.6. The van der Waals surface area contributed by atoms with Crippen LogP contribution in [0.25, 0.3) is 11.1 Å². The Bertz CT molecular complexity index is 1220. The first-order valence-corrected chi connectivity index (χ1v) is 9.96. The average molecular weight is 441 g/mol. The molecule has 2 aromatic heterocycles. The van der Waals surface area contributed by atoms with Crippen molar-refractivity contribution in [1.82, 2.24) is 14.1 Å². The molecule has 1 aliphatic heterocycles. The summed E-state index contributed by atoms with van der Waals surface area (Å²) < 4.78 is 12.7. The van der Waals surface area contributed by atoms with Gasteiger partial charge in [0.15, 0.2) is 6.23 Å². The van der Waals surface area contributed by atoms with E-state index in [9.17, 15) is 24.9 Å². The summed E-state index contributed by atoms with van der Waals surface area (Å²) in [4.78, 5) is 29.7. The van der Waals surface area contributed by atoms with E-state index >= 15 is 0 Å². The van der Waals surface area contributed by atoms with Crippen LogP contribution < -0.4 is 16.0 Å². The third-order valence-corrected chi connectivity index (χ3v) is 5.43. The first-order valence-electron chi connectivity index (χ1n) is 9.96. The Labute approximate surface area is 182 Å². The van der Waals surface area contributed by atoms with Crippen molar-refractivity contribution >= 4 is 0 Å². The van der Waals surface area contributed by atoms with Crippen LogP contribution in [0, 0.1) is 0 Å². The molecule has 1 aliphatic rings. The Balaban J connectivity index is 1.66. The van der Waals surface area contributed by atoms with E-state index in [0.717, 1.165) is 20.3 Å². The maximum absolute atomic E-state index is 13.0. The number of aromatic nitrogens is 3. The van der Waals surface area contributed by atoms with Gasteiger partial charge in [-0.1, -0.05) is 12.1 Å². The zero-order chi connectivity index (χ0) is 22.8. The molecule has 4 atom stereocenters. The molecule has 0 saturated carbocycles. The van der Waals surface area contributed by atoms with Gasteiger partial charge >= 0.3 is 5.69 Å². The Hall–Kier alpha value is -3.31. The van der Waals surface area contributed by atoms with Crippen molar-refractivity contribution < 1.29 is 24.8 Å². The topological polar surface area (TPSA) is 136 Å². The number of pyridine rings is 1. The van der Waals surface area contributed by atoms with Crippen molar-refractivity contribution in [3.63, 3.8) is 0 Å². The van der Waals surface area contributed by atoms with Gasteiger partial charge in [0.25, 0.3) is 5.56 Å². The van der Waals surface area contributed by atoms with Crippen LogP contribution in [-0.2, 0) is 11.3 Å². The summed E-state index contributed by atoms with van der Waals surface area (Å²) in [7, 11) is 1.58. The first-order chi connectivity index (χ1) is 15.4. The molecule has 1 fully saturated rings. The fourth-order valence-corrected chi connectivity index (χ4v) is 3.69. The highest BCUT2D eigenvalue weighted by molar-refractivity contribution is 5.65. The number of rotatable bonds is 6. The summed E-state index contributed by atoms with van der Waals surface area (Å²) in [5.41, 5.74) is 0.912. The van der Waals surface area contributed by atoms with Crippen LogP contribution in [0.1, 0.15) is 11.9 Å². The molecule has 0 amide bonds. The summed E-state index contributed by atoms with van der Waals surface area (Å²) in [6.45, 7) is -0.630. The van der Waals surface area contributed by atoms with Crippen LogP contribution in [0.2, 0.25) is 0 Å². The van der Waals surface area contributed by atoms with Crippen molar-refractivity contribution in [3.05, 3.63) is 81.4 Å². The van der Waals surface area contributed by atoms with E-state index in [-0.39, 0.29) is 6.54 Å². The molecule has 0 aliphatic carbocycles. The Morgan fingerprint density at radius 2 is 1.88 bits per heavy atom. The van der Waals surface area contributed by atoms with Crippen molar-refractivity contribution in [2.75, 3.05) is 13.7 Å². The highest BCUT2D eigenvalue weighted by Crippen LogP contribution is 2.28. The van der Waals surface area contributed by atoms with E-state index < -0.39 is 42.4 Å². The number of aliphatic hydroxyl groups is 3. The predicted octanol–water partition coefficient (Wildman–Crippen LogP) is -0.260. The maximum atomic E-state index is 13.0. The van der Waals surface area contributed by atoms with Crippen LogP contribution >= 0.6 is 0 Å². The lowest BCUT2D eigenvalue weighted by molar-refractivity contribution is -0.0555. The van der Waals surface area contributed by atoms with Gasteiger partial charge in [0.05, 0.1) is 26.0 Å². The van der Waals surface area contributed by atoms with E-state index in [4.69, 9.17) is 9.47 Å². The minimum absolute atomic E-state index is 0.106. The smallest absolute Gasteiger partial charge is 0.333 e. The van der Waals surface area contributed by atoms with Gasteiger partial charge in [0, 0.05) is 18.5 Å². The fourth-order valence-electron chi connectivity index (χ4n) is 3.69. The molecule has 10 nitrogen and oxygen atoms in total. The normalized spacial score (nSPS) is 22.8. The van der Waals surface area contributed by atoms with E-state index in [2.05, 4.69) is 4.98 Å². The molecule has 168 valence electrons. The summed E-state index contributed by atoms with van der Waals surface area (Å²) >= 11 is 0. The van der Waals surface area contributed by atoms with Gasteiger partial charge in [-0.05, 0) is 35.4 Å². The van der Waals surface area contributed by atoms with Crippen molar-refractivity contribution in [2.45, 2.75) is 31.1 Å². The summed E-state index contributed by atoms with van der Waals surface area (Å²) in [6.07, 6.45) is -2.30. The van der Waals surface area contributed by atoms with Gasteiger partial charge in [-0.25, -0.2) is 4.79 Å². The van der Waals surface area contributed by atoms with Gasteiger partial charge in [0.1, 0.15) is 24.1 Å². The molecule has 0 spiro atoms. The largest absolute Gasteiger partial charge is 0.497 e. The van der Waals surface area contributed by atoms with Gasteiger partial charge < -0.3 is 24.8 Å². The second-order valence-corrected chi connectivity index (χ2v) is 7.43. The highest BCUT2D eigenvalue weighted by Gasteiger charge is 2.43. The number of ether oxygens (including phenoxy) is 2. The van der Waals surface area contributed by atoms with Crippen LogP contribution in [0.15, 0.2) is 64.4 Å². The monoisotopic (exact) mass is 441 g/mol. The van der Waals surface area contributed by atoms with Gasteiger partial charge in [0.2, 0.25) is 0 Å². The number of methoxy groups -OCH3 is 1. The Morgan fingerprint density at radius 1 is 1.09 bits per heavy atom. The van der Waals surface area contributed by atoms with Crippen molar-refractivity contribution in [3.8, 4) is 16.9 Å². The second-order valence-electron chi connectivity index (χ2n) is 7.43. The molecule has 10 heteroatoms. The van der Waals surface area contributed by atoms with Crippen molar-refractivity contribution in [2.24, 2.45) is 0 Å². The number of aliphatic hydroxyl groups excluding tert-OH is 3. The minimum Gasteiger partial charge on any atom is -0.497 e. The molecule has 32 heavy (non-hydrogen) atoms. The summed E-state index contributed by atoms with van der Waals surface area (Å²) in [6, 6.07) is 12.2. The third kappa shape index (κ3) is 4.08. The quantitative estimate of drug-likeness (QED) is 0.476. The molecular formula is C22H23N3O7. The lowest BCUT2D eigenvalue weighted by atomic mass is 10.1. The summed E-state index contributed by atoms with van der Waals surface area (Å²) in [5.74, 6) is 0.696. The van der Waals surface area contributed by atoms with Gasteiger partial charge in [-0.15, -0.1) is 0 Å². The van der Waals surface area contributed by atoms with Crippen LogP contribution in [0.3, 0.4) is 0 Å². The van der Waals surface area contributed by atoms with Crippen molar-refractivity contribution in [1.29, 1.82) is 0 Å². The summed E-state index contributed by atoms with van der Waals surface area (Å²) in [5, 5.41) is 29.5. The SMILES string of the molecule is COc1cccc(-c2ccnc(Cn3c(=O)ccn([C@@H]4O[C@H](CO)C(O)C4O)c3=O)c2)c1. The van der Waals surface area contributed by atoms with E-state index in [1.54, 1.807) is 19.4 Å². The molecule has 0 bridgehead atoms. The number of hydrogen-bond acceptors (Lipinski definition) is 8. The number of nitrogens with zero attached hydrogens (tertiary/aromatic N) is 3. The lowest BCUT2D eigenvalue weighted by Crippen LogP contribution is -2.43. The van der Waals surface area contributed by atoms with Gasteiger partial charge in [-0.3, -0.25) is 18.9 Å². The molecular weight excluding hydrogens is 418 g/mol. The Morgan fingerprint density at radius 3 is 2.59 bits per heavy atom. The van der Waals surface area contributed by atoms with E-state index in [0.29, 0.717) is 11.4 Å². The third-order valence-electron chi connectivity index (χ3n) is 5.43. The Kier molecular flexibility index (Phi) is 6.19. The maximum Gasteiger partial charge on any atom is 0.333 e. The van der Waals surface area contributed by atoms with Crippen LogP contribution in [0.4, 0.5) is 0 Å². The van der Waals surface area contributed by atoms with E-state index in [1.165, 1.54) is 12.3 Å². The van der Waals surface area contributed by atoms with Crippen LogP contribution in [-0.4, -0.2) is 61.5 Å². The molecule has 4 rings (SSSR count). The number of benzene rings is 1. The average Bonchev–Trinajstić information content (AvgIpc) is 3.10. The van der Waals surface area contributed by atoms with Crippen LogP contribution in [0.5, 0.6) is 5.75 Å². The predicted molar refractivity (Wildman–Crippen MR) is 113 cm³/mol. The zero-order valence-electron chi connectivity index (χ0n) is 17.2. The molecule has 1 aromatic carbocycles. The van der Waals surface area contributed by atoms with E-state index in [1.807, 2.05) is 30.3 Å². The molecule has 1 saturated heterocycles. The lowest BCUT2D eigenvalue weighted by Gasteiger charge is -2.18.